The average Bonchev–Trinajstić information content (AvgIpc) is 3.24. The molecule has 24 heavy (non-hydrogen) atoms. The minimum Gasteiger partial charge on any atom is -0.444 e. The molecule has 1 atom stereocenters. The van der Waals surface area contributed by atoms with Gasteiger partial charge in [-0.05, 0) is 37.1 Å². The number of hydrogen-bond donors (Lipinski definition) is 1. The number of aromatic nitrogens is 1. The second-order valence-electron chi connectivity index (χ2n) is 5.69. The summed E-state index contributed by atoms with van der Waals surface area (Å²) < 4.78 is 18.3. The molecule has 1 saturated heterocycles. The lowest BCUT2D eigenvalue weighted by molar-refractivity contribution is -0.137. The maximum atomic E-state index is 12.9. The number of oxazole rings is 1. The molecule has 2 aromatic rings. The molecule has 2 heterocycles. The zero-order chi connectivity index (χ0) is 17.1. The topological polar surface area (TPSA) is 75.4 Å². The highest BCUT2D eigenvalue weighted by molar-refractivity contribution is 5.88. The number of nitrogens with one attached hydrogen (secondary N) is 1. The highest BCUT2D eigenvalue weighted by atomic mass is 19.1. The molecule has 1 aromatic carbocycles. The Balaban J connectivity index is 1.69. The molecular weight excluding hydrogens is 313 g/mol. The first-order valence-corrected chi connectivity index (χ1v) is 7.80. The van der Waals surface area contributed by atoms with Gasteiger partial charge in [0, 0.05) is 19.2 Å². The van der Waals surface area contributed by atoms with Crippen molar-refractivity contribution in [1.82, 2.24) is 15.2 Å². The minimum atomic E-state index is -0.411. The van der Waals surface area contributed by atoms with Crippen LogP contribution >= 0.6 is 0 Å². The van der Waals surface area contributed by atoms with Crippen molar-refractivity contribution < 1.29 is 18.4 Å². The summed E-state index contributed by atoms with van der Waals surface area (Å²) in [5, 5.41) is 2.59. The molecule has 1 N–H and O–H groups in total. The van der Waals surface area contributed by atoms with Crippen LogP contribution in [0.15, 0.2) is 34.9 Å². The summed E-state index contributed by atoms with van der Waals surface area (Å²) in [5.74, 6) is -0.301. The number of rotatable bonds is 4. The molecular formula is C17H18FN3O3. The van der Waals surface area contributed by atoms with E-state index >= 15 is 0 Å². The summed E-state index contributed by atoms with van der Waals surface area (Å²) in [4.78, 5) is 30.1. The largest absolute Gasteiger partial charge is 0.444 e. The van der Waals surface area contributed by atoms with Crippen LogP contribution in [0, 0.1) is 5.82 Å². The molecule has 1 unspecified atom stereocenters. The number of carbonyl (C=O) groups is 2. The van der Waals surface area contributed by atoms with E-state index in [1.165, 1.54) is 18.4 Å². The molecule has 2 amide bonds. The van der Waals surface area contributed by atoms with Crippen LogP contribution in [-0.2, 0) is 16.0 Å². The van der Waals surface area contributed by atoms with Gasteiger partial charge in [0.2, 0.25) is 17.7 Å². The zero-order valence-electron chi connectivity index (χ0n) is 13.3. The maximum Gasteiger partial charge on any atom is 0.242 e. The molecule has 6 nitrogen and oxygen atoms in total. The second-order valence-corrected chi connectivity index (χ2v) is 5.69. The monoisotopic (exact) mass is 331 g/mol. The fourth-order valence-electron chi connectivity index (χ4n) is 2.87. The Morgan fingerprint density at radius 1 is 1.38 bits per heavy atom. The summed E-state index contributed by atoms with van der Waals surface area (Å²) in [6.45, 7) is 0.569. The Morgan fingerprint density at radius 2 is 2.12 bits per heavy atom. The van der Waals surface area contributed by atoms with Crippen molar-refractivity contribution >= 4 is 11.8 Å². The van der Waals surface area contributed by atoms with E-state index < -0.39 is 6.04 Å². The van der Waals surface area contributed by atoms with Crippen molar-refractivity contribution in [3.63, 3.8) is 0 Å². The Kier molecular flexibility index (Phi) is 4.59. The van der Waals surface area contributed by atoms with Gasteiger partial charge in [-0.3, -0.25) is 9.59 Å². The van der Waals surface area contributed by atoms with Crippen LogP contribution < -0.4 is 5.32 Å². The molecule has 0 bridgehead atoms. The normalized spacial score (nSPS) is 17.1. The highest BCUT2D eigenvalue weighted by Crippen LogP contribution is 2.21. The van der Waals surface area contributed by atoms with E-state index in [2.05, 4.69) is 10.3 Å². The number of carbonyl (C=O) groups excluding carboxylic acids is 2. The Hall–Kier alpha value is -2.70. The van der Waals surface area contributed by atoms with Crippen molar-refractivity contribution in [3.05, 3.63) is 42.0 Å². The first-order chi connectivity index (χ1) is 11.6. The zero-order valence-corrected chi connectivity index (χ0v) is 13.3. The van der Waals surface area contributed by atoms with Crippen LogP contribution in [-0.4, -0.2) is 41.3 Å². The van der Waals surface area contributed by atoms with Gasteiger partial charge in [0.15, 0.2) is 0 Å². The number of hydrogen-bond acceptors (Lipinski definition) is 4. The Labute approximate surface area is 138 Å². The van der Waals surface area contributed by atoms with Gasteiger partial charge in [-0.15, -0.1) is 0 Å². The quantitative estimate of drug-likeness (QED) is 0.926. The summed E-state index contributed by atoms with van der Waals surface area (Å²) in [5.41, 5.74) is 1.13. The maximum absolute atomic E-state index is 12.9. The SMILES string of the molecule is CNC(=O)C1CCCN1C(=O)Cc1coc(-c2ccc(F)cc2)n1. The second kappa shape index (κ2) is 6.82. The van der Waals surface area contributed by atoms with E-state index in [1.54, 1.807) is 24.1 Å². The van der Waals surface area contributed by atoms with Crippen LogP contribution in [0.2, 0.25) is 0 Å². The lowest BCUT2D eigenvalue weighted by atomic mass is 10.2. The summed E-state index contributed by atoms with van der Waals surface area (Å²) in [7, 11) is 1.57. The van der Waals surface area contributed by atoms with Gasteiger partial charge >= 0.3 is 0 Å². The van der Waals surface area contributed by atoms with E-state index in [0.29, 0.717) is 30.1 Å². The fourth-order valence-corrected chi connectivity index (χ4v) is 2.87. The molecule has 0 saturated carbocycles. The number of likely N-dealkylation sites (N-methyl/N-ethyl adjacent to an activating group) is 1. The smallest absolute Gasteiger partial charge is 0.242 e. The van der Waals surface area contributed by atoms with Crippen molar-refractivity contribution in [2.24, 2.45) is 0 Å². The van der Waals surface area contributed by atoms with Crippen molar-refractivity contribution in [2.45, 2.75) is 25.3 Å². The molecule has 1 fully saturated rings. The van der Waals surface area contributed by atoms with E-state index in [-0.39, 0.29) is 24.1 Å². The predicted octanol–water partition coefficient (Wildman–Crippen LogP) is 1.76. The molecule has 3 rings (SSSR count). The van der Waals surface area contributed by atoms with E-state index in [4.69, 9.17) is 4.42 Å². The van der Waals surface area contributed by atoms with Crippen LogP contribution in [0.5, 0.6) is 0 Å². The fraction of sp³-hybridized carbons (Fsp3) is 0.353. The molecule has 7 heteroatoms. The van der Waals surface area contributed by atoms with Crippen LogP contribution in [0.25, 0.3) is 11.5 Å². The van der Waals surface area contributed by atoms with Gasteiger partial charge in [0.1, 0.15) is 18.1 Å². The molecule has 1 aliphatic rings. The minimum absolute atomic E-state index is 0.0676. The van der Waals surface area contributed by atoms with Crippen LogP contribution in [0.4, 0.5) is 4.39 Å². The highest BCUT2D eigenvalue weighted by Gasteiger charge is 2.33. The molecule has 0 spiro atoms. The molecule has 1 aromatic heterocycles. The molecule has 0 radical (unpaired) electrons. The van der Waals surface area contributed by atoms with Crippen LogP contribution in [0.3, 0.4) is 0 Å². The third-order valence-electron chi connectivity index (χ3n) is 4.10. The van der Waals surface area contributed by atoms with E-state index in [9.17, 15) is 14.0 Å². The molecule has 0 aliphatic carbocycles. The number of benzene rings is 1. The first-order valence-electron chi connectivity index (χ1n) is 7.80. The number of nitrogens with zero attached hydrogens (tertiary/aromatic N) is 2. The number of likely N-dealkylation sites (tertiary alicyclic amines) is 1. The summed E-state index contributed by atoms with van der Waals surface area (Å²) >= 11 is 0. The van der Waals surface area contributed by atoms with Crippen molar-refractivity contribution in [1.29, 1.82) is 0 Å². The third kappa shape index (κ3) is 3.29. The van der Waals surface area contributed by atoms with E-state index in [0.717, 1.165) is 6.42 Å². The lowest BCUT2D eigenvalue weighted by Crippen LogP contribution is -2.45. The summed E-state index contributed by atoms with van der Waals surface area (Å²) in [6, 6.07) is 5.36. The van der Waals surface area contributed by atoms with Crippen LogP contribution in [0.1, 0.15) is 18.5 Å². The Bertz CT molecular complexity index is 742. The number of amides is 2. The molecule has 1 aliphatic heterocycles. The van der Waals surface area contributed by atoms with Gasteiger partial charge in [0.25, 0.3) is 0 Å². The van der Waals surface area contributed by atoms with Crippen molar-refractivity contribution in [2.75, 3.05) is 13.6 Å². The average molecular weight is 331 g/mol. The van der Waals surface area contributed by atoms with Gasteiger partial charge in [-0.1, -0.05) is 0 Å². The predicted molar refractivity (Wildman–Crippen MR) is 84.4 cm³/mol. The number of halogens is 1. The Morgan fingerprint density at radius 3 is 2.83 bits per heavy atom. The third-order valence-corrected chi connectivity index (χ3v) is 4.10. The first kappa shape index (κ1) is 16.2. The van der Waals surface area contributed by atoms with Gasteiger partial charge in [0.05, 0.1) is 12.1 Å². The summed E-state index contributed by atoms with van der Waals surface area (Å²) in [6.07, 6.45) is 2.97. The van der Waals surface area contributed by atoms with Crippen molar-refractivity contribution in [3.8, 4) is 11.5 Å². The standard InChI is InChI=1S/C17H18FN3O3/c1-19-16(23)14-3-2-8-21(14)15(22)9-13-10-24-17(20-13)11-4-6-12(18)7-5-11/h4-7,10,14H,2-3,8-9H2,1H3,(H,19,23). The van der Waals surface area contributed by atoms with E-state index in [1.807, 2.05) is 0 Å². The van der Waals surface area contributed by atoms with Gasteiger partial charge < -0.3 is 14.6 Å². The lowest BCUT2D eigenvalue weighted by Gasteiger charge is -2.22. The van der Waals surface area contributed by atoms with Gasteiger partial charge in [-0.2, -0.15) is 0 Å². The van der Waals surface area contributed by atoms with Gasteiger partial charge in [-0.25, -0.2) is 9.37 Å². The molecule has 126 valence electrons.